The molecule has 5 heteroatoms. The molecule has 0 amide bonds. The van der Waals surface area contributed by atoms with Crippen LogP contribution in [0.3, 0.4) is 0 Å². The molecule has 0 aliphatic rings. The number of aryl methyl sites for hydroxylation is 2. The fourth-order valence-electron chi connectivity index (χ4n) is 1.37. The van der Waals surface area contributed by atoms with Gasteiger partial charge < -0.3 is 8.94 Å². The zero-order chi connectivity index (χ0) is 11.4. The van der Waals surface area contributed by atoms with Crippen molar-refractivity contribution in [1.29, 1.82) is 0 Å². The molecule has 0 bridgehead atoms. The summed E-state index contributed by atoms with van der Waals surface area (Å²) in [6, 6.07) is 0. The molecular weight excluding hydrogens is 206 g/mol. The van der Waals surface area contributed by atoms with E-state index in [4.69, 9.17) is 8.94 Å². The first-order valence-corrected chi connectivity index (χ1v) is 5.15. The van der Waals surface area contributed by atoms with E-state index in [9.17, 15) is 0 Å². The highest BCUT2D eigenvalue weighted by Crippen LogP contribution is 2.18. The molecule has 0 spiro atoms. The third kappa shape index (κ3) is 2.18. The molecule has 2 aromatic rings. The van der Waals surface area contributed by atoms with Gasteiger partial charge in [0.2, 0.25) is 11.7 Å². The molecule has 0 N–H and O–H groups in total. The van der Waals surface area contributed by atoms with Crippen molar-refractivity contribution in [3.05, 3.63) is 30.7 Å². The summed E-state index contributed by atoms with van der Waals surface area (Å²) in [4.78, 5) is 8.28. The predicted molar refractivity (Wildman–Crippen MR) is 57.7 cm³/mol. The molecule has 0 aliphatic carbocycles. The standard InChI is InChI=1S/C11H13N3O2/c1-3-4-5-6-9-13-11(14-16-9)10-8(2)15-7-12-10/h3,7H,1,4-6H2,2H3. The fourth-order valence-corrected chi connectivity index (χ4v) is 1.37. The first-order chi connectivity index (χ1) is 7.81. The van der Waals surface area contributed by atoms with Crippen LogP contribution in [0.1, 0.15) is 24.5 Å². The average Bonchev–Trinajstić information content (AvgIpc) is 2.87. The summed E-state index contributed by atoms with van der Waals surface area (Å²) in [6.45, 7) is 5.48. The quantitative estimate of drug-likeness (QED) is 0.571. The minimum absolute atomic E-state index is 0.486. The van der Waals surface area contributed by atoms with Crippen molar-refractivity contribution in [3.63, 3.8) is 0 Å². The molecule has 0 atom stereocenters. The summed E-state index contributed by atoms with van der Waals surface area (Å²) in [6.07, 6.45) is 5.91. The Morgan fingerprint density at radius 1 is 1.50 bits per heavy atom. The minimum Gasteiger partial charge on any atom is -0.448 e. The Morgan fingerprint density at radius 2 is 2.38 bits per heavy atom. The molecule has 0 fully saturated rings. The molecule has 2 heterocycles. The summed E-state index contributed by atoms with van der Waals surface area (Å²) in [7, 11) is 0. The first-order valence-electron chi connectivity index (χ1n) is 5.15. The van der Waals surface area contributed by atoms with E-state index in [0.29, 0.717) is 23.2 Å². The van der Waals surface area contributed by atoms with E-state index in [1.165, 1.54) is 6.39 Å². The Bertz CT molecular complexity index is 473. The second-order valence-electron chi connectivity index (χ2n) is 3.45. The van der Waals surface area contributed by atoms with E-state index >= 15 is 0 Å². The fraction of sp³-hybridized carbons (Fsp3) is 0.364. The van der Waals surface area contributed by atoms with Crippen molar-refractivity contribution in [2.75, 3.05) is 0 Å². The smallest absolute Gasteiger partial charge is 0.227 e. The maximum absolute atomic E-state index is 5.11. The van der Waals surface area contributed by atoms with Crippen LogP contribution in [0.4, 0.5) is 0 Å². The number of hydrogen-bond acceptors (Lipinski definition) is 5. The minimum atomic E-state index is 0.486. The zero-order valence-corrected chi connectivity index (χ0v) is 9.14. The third-order valence-electron chi connectivity index (χ3n) is 2.22. The predicted octanol–water partition coefficient (Wildman–Crippen LogP) is 2.54. The number of unbranched alkanes of at least 4 members (excludes halogenated alkanes) is 1. The second kappa shape index (κ2) is 4.74. The van der Waals surface area contributed by atoms with Gasteiger partial charge in [-0.25, -0.2) is 4.98 Å². The number of allylic oxidation sites excluding steroid dienone is 1. The average molecular weight is 219 g/mol. The molecule has 0 aromatic carbocycles. The van der Waals surface area contributed by atoms with Gasteiger partial charge in [-0.2, -0.15) is 4.98 Å². The van der Waals surface area contributed by atoms with E-state index in [-0.39, 0.29) is 0 Å². The van der Waals surface area contributed by atoms with Crippen LogP contribution in [0.15, 0.2) is 28.0 Å². The van der Waals surface area contributed by atoms with Crippen molar-refractivity contribution in [1.82, 2.24) is 15.1 Å². The van der Waals surface area contributed by atoms with E-state index in [2.05, 4.69) is 21.7 Å². The first kappa shape index (κ1) is 10.6. The van der Waals surface area contributed by atoms with Crippen LogP contribution >= 0.6 is 0 Å². The molecule has 2 rings (SSSR count). The van der Waals surface area contributed by atoms with Crippen molar-refractivity contribution in [2.24, 2.45) is 0 Å². The number of rotatable bonds is 5. The van der Waals surface area contributed by atoms with Gasteiger partial charge in [-0.15, -0.1) is 6.58 Å². The summed E-state index contributed by atoms with van der Waals surface area (Å²) in [5.74, 6) is 1.80. The normalized spacial score (nSPS) is 10.6. The van der Waals surface area contributed by atoms with Crippen LogP contribution in [-0.4, -0.2) is 15.1 Å². The van der Waals surface area contributed by atoms with E-state index in [0.717, 1.165) is 19.3 Å². The van der Waals surface area contributed by atoms with Crippen molar-refractivity contribution >= 4 is 0 Å². The van der Waals surface area contributed by atoms with Crippen LogP contribution < -0.4 is 0 Å². The molecule has 2 aromatic heterocycles. The lowest BCUT2D eigenvalue weighted by Gasteiger charge is -1.89. The number of hydrogen-bond donors (Lipinski definition) is 0. The lowest BCUT2D eigenvalue weighted by atomic mass is 10.2. The zero-order valence-electron chi connectivity index (χ0n) is 9.14. The Hall–Kier alpha value is -1.91. The lowest BCUT2D eigenvalue weighted by Crippen LogP contribution is -1.86. The summed E-state index contributed by atoms with van der Waals surface area (Å²) >= 11 is 0. The van der Waals surface area contributed by atoms with Gasteiger partial charge in [0.15, 0.2) is 12.1 Å². The SMILES string of the molecule is C=CCCCc1nc(-c2ncoc2C)no1. The van der Waals surface area contributed by atoms with Gasteiger partial charge in [0.05, 0.1) is 0 Å². The van der Waals surface area contributed by atoms with Gasteiger partial charge in [0.25, 0.3) is 0 Å². The molecule has 0 radical (unpaired) electrons. The Labute approximate surface area is 93.2 Å². The molecule has 0 unspecified atom stereocenters. The Balaban J connectivity index is 2.08. The van der Waals surface area contributed by atoms with E-state index in [1.807, 2.05) is 13.0 Å². The maximum atomic E-state index is 5.11. The third-order valence-corrected chi connectivity index (χ3v) is 2.22. The summed E-state index contributed by atoms with van der Waals surface area (Å²) < 4.78 is 10.2. The van der Waals surface area contributed by atoms with Crippen molar-refractivity contribution in [2.45, 2.75) is 26.2 Å². The highest BCUT2D eigenvalue weighted by atomic mass is 16.5. The van der Waals surface area contributed by atoms with Crippen LogP contribution in [0.2, 0.25) is 0 Å². The summed E-state index contributed by atoms with van der Waals surface area (Å²) in [5, 5.41) is 3.86. The topological polar surface area (TPSA) is 65.0 Å². The molecule has 5 nitrogen and oxygen atoms in total. The van der Waals surface area contributed by atoms with Crippen LogP contribution in [-0.2, 0) is 6.42 Å². The highest BCUT2D eigenvalue weighted by molar-refractivity contribution is 5.49. The molecule has 0 saturated heterocycles. The maximum Gasteiger partial charge on any atom is 0.227 e. The Morgan fingerprint density at radius 3 is 3.06 bits per heavy atom. The number of nitrogens with zero attached hydrogens (tertiary/aromatic N) is 3. The van der Waals surface area contributed by atoms with Crippen LogP contribution in [0.5, 0.6) is 0 Å². The van der Waals surface area contributed by atoms with Gasteiger partial charge >= 0.3 is 0 Å². The van der Waals surface area contributed by atoms with Crippen molar-refractivity contribution in [3.8, 4) is 11.5 Å². The molecule has 84 valence electrons. The van der Waals surface area contributed by atoms with Crippen LogP contribution in [0, 0.1) is 6.92 Å². The molecule has 0 aliphatic heterocycles. The van der Waals surface area contributed by atoms with Gasteiger partial charge in [0.1, 0.15) is 5.76 Å². The van der Waals surface area contributed by atoms with E-state index in [1.54, 1.807) is 0 Å². The largest absolute Gasteiger partial charge is 0.448 e. The van der Waals surface area contributed by atoms with Crippen LogP contribution in [0.25, 0.3) is 11.5 Å². The van der Waals surface area contributed by atoms with Gasteiger partial charge in [-0.1, -0.05) is 11.2 Å². The van der Waals surface area contributed by atoms with Gasteiger partial charge in [-0.05, 0) is 19.8 Å². The number of aromatic nitrogens is 3. The monoisotopic (exact) mass is 219 g/mol. The van der Waals surface area contributed by atoms with E-state index < -0.39 is 0 Å². The Kier molecular flexibility index (Phi) is 3.14. The van der Waals surface area contributed by atoms with Gasteiger partial charge in [0, 0.05) is 6.42 Å². The summed E-state index contributed by atoms with van der Waals surface area (Å²) in [5.41, 5.74) is 0.638. The molecule has 16 heavy (non-hydrogen) atoms. The van der Waals surface area contributed by atoms with Gasteiger partial charge in [-0.3, -0.25) is 0 Å². The molecule has 0 saturated carbocycles. The second-order valence-corrected chi connectivity index (χ2v) is 3.45. The number of oxazole rings is 1. The van der Waals surface area contributed by atoms with Crippen molar-refractivity contribution < 1.29 is 8.94 Å². The highest BCUT2D eigenvalue weighted by Gasteiger charge is 2.13. The molecular formula is C11H13N3O2. The lowest BCUT2D eigenvalue weighted by molar-refractivity contribution is 0.376.